The number of para-hydroxylation sites is 2. The lowest BCUT2D eigenvalue weighted by atomic mass is 9.85. The molecule has 222 valence electrons. The van der Waals surface area contributed by atoms with Crippen molar-refractivity contribution in [1.82, 2.24) is 20.2 Å². The molecule has 3 aromatic rings. The molecule has 1 aromatic heterocycles. The van der Waals surface area contributed by atoms with Crippen LogP contribution in [0.4, 0.5) is 13.6 Å². The predicted molar refractivity (Wildman–Crippen MR) is 148 cm³/mol. The Hall–Kier alpha value is -4.35. The highest BCUT2D eigenvalue weighted by atomic mass is 19.3. The molecule has 10 nitrogen and oxygen atoms in total. The van der Waals surface area contributed by atoms with Gasteiger partial charge in [0.15, 0.2) is 6.61 Å². The fraction of sp³-hybridized carbons (Fsp3) is 0.433. The molecule has 4 bridgehead atoms. The Morgan fingerprint density at radius 3 is 2.50 bits per heavy atom. The molecule has 2 N–H and O–H groups in total. The predicted octanol–water partition coefficient (Wildman–Crippen LogP) is 4.45. The number of hydrogen-bond acceptors (Lipinski definition) is 7. The number of alkyl carbamates (subject to hydrolysis) is 1. The lowest BCUT2D eigenvalue weighted by Crippen LogP contribution is -2.57. The number of hydrogen-bond donors (Lipinski definition) is 2. The first kappa shape index (κ1) is 29.2. The summed E-state index contributed by atoms with van der Waals surface area (Å²) in [4.78, 5) is 49.1. The fourth-order valence-corrected chi connectivity index (χ4v) is 5.19. The average Bonchev–Trinajstić information content (AvgIpc) is 3.36. The maximum absolute atomic E-state index is 14.8. The van der Waals surface area contributed by atoms with Crippen LogP contribution < -0.4 is 10.1 Å². The zero-order chi connectivity index (χ0) is 30.2. The summed E-state index contributed by atoms with van der Waals surface area (Å²) in [7, 11) is 0. The number of halogens is 2. The fourth-order valence-electron chi connectivity index (χ4n) is 5.19. The average molecular weight is 583 g/mol. The van der Waals surface area contributed by atoms with Gasteiger partial charge in [-0.2, -0.15) is 0 Å². The van der Waals surface area contributed by atoms with Crippen molar-refractivity contribution in [3.63, 3.8) is 0 Å². The molecule has 42 heavy (non-hydrogen) atoms. The Morgan fingerprint density at radius 2 is 1.81 bits per heavy atom. The van der Waals surface area contributed by atoms with Crippen molar-refractivity contribution in [3.05, 3.63) is 54.1 Å². The van der Waals surface area contributed by atoms with E-state index in [2.05, 4.69) is 10.3 Å². The summed E-state index contributed by atoms with van der Waals surface area (Å²) >= 11 is 0. The zero-order valence-electron chi connectivity index (χ0n) is 23.5. The number of alkyl halides is 2. The molecule has 0 spiro atoms. The number of cyclic esters (lactones) is 1. The molecule has 5 rings (SSSR count). The van der Waals surface area contributed by atoms with Gasteiger partial charge >= 0.3 is 12.1 Å². The molecular formula is C30H32F2N4O6. The lowest BCUT2D eigenvalue weighted by molar-refractivity contribution is -0.150. The number of amides is 2. The molecule has 12 heteroatoms. The first-order valence-corrected chi connectivity index (χ1v) is 13.7. The Labute approximate surface area is 241 Å². The van der Waals surface area contributed by atoms with Crippen LogP contribution in [0.1, 0.15) is 39.2 Å². The summed E-state index contributed by atoms with van der Waals surface area (Å²) in [6, 6.07) is 11.6. The second-order valence-corrected chi connectivity index (χ2v) is 11.8. The van der Waals surface area contributed by atoms with Gasteiger partial charge in [0.05, 0.1) is 17.6 Å². The van der Waals surface area contributed by atoms with Crippen molar-refractivity contribution >= 4 is 29.0 Å². The summed E-state index contributed by atoms with van der Waals surface area (Å²) in [5.41, 5.74) is 1.78. The standard InChI is InChI=1S/C30H32F2N4O6/c1-29(2,3)24-26(37)36-15-19(14-22(36)27(38)39)42-25-23(33-20-9-4-5-10-21(20)34-25)18-8-6-7-17(13-18)11-12-30(31,32)16-41-28(40)35-24/h4-10,13,19,22,24H,11-12,14-16H2,1-3H3,(H,35,40)(H,38,39)/t19-,22+,24-/m1/s1. The van der Waals surface area contributed by atoms with Crippen LogP contribution in [0.15, 0.2) is 48.5 Å². The summed E-state index contributed by atoms with van der Waals surface area (Å²) in [5, 5.41) is 12.4. The zero-order valence-corrected chi connectivity index (χ0v) is 23.5. The summed E-state index contributed by atoms with van der Waals surface area (Å²) < 4.78 is 40.7. The van der Waals surface area contributed by atoms with Gasteiger partial charge in [0, 0.05) is 18.4 Å². The van der Waals surface area contributed by atoms with E-state index in [4.69, 9.17) is 14.5 Å². The van der Waals surface area contributed by atoms with Crippen LogP contribution >= 0.6 is 0 Å². The van der Waals surface area contributed by atoms with Crippen LogP contribution in [-0.2, 0) is 20.7 Å². The normalized spacial score (nSPS) is 23.2. The van der Waals surface area contributed by atoms with E-state index in [0.29, 0.717) is 27.9 Å². The van der Waals surface area contributed by atoms with E-state index < -0.39 is 60.5 Å². The van der Waals surface area contributed by atoms with Crippen molar-refractivity contribution in [2.75, 3.05) is 13.2 Å². The number of carboxylic acids is 1. The minimum absolute atomic E-state index is 0.00992. The van der Waals surface area contributed by atoms with Gasteiger partial charge in [0.25, 0.3) is 5.92 Å². The number of carbonyl (C=O) groups excluding carboxylic acids is 2. The molecule has 2 aliphatic rings. The Bertz CT molecular complexity index is 1530. The maximum Gasteiger partial charge on any atom is 0.408 e. The number of nitrogens with zero attached hydrogens (tertiary/aromatic N) is 3. The van der Waals surface area contributed by atoms with Crippen LogP contribution in [0.2, 0.25) is 0 Å². The Balaban J connectivity index is 1.60. The topological polar surface area (TPSA) is 131 Å². The number of nitrogens with one attached hydrogen (secondary N) is 1. The SMILES string of the molecule is CC(C)(C)[C@@H]1NC(=O)OCC(F)(F)CCc2cccc(c2)-c2nc3ccccc3nc2O[C@@H]2C[C@@H](C(=O)O)N(C2)C1=O. The van der Waals surface area contributed by atoms with Crippen LogP contribution in [0.5, 0.6) is 5.88 Å². The van der Waals surface area contributed by atoms with Gasteiger partial charge in [0.2, 0.25) is 11.8 Å². The number of aromatic nitrogens is 2. The quantitative estimate of drug-likeness (QED) is 0.430. The number of aliphatic carboxylic acids is 1. The second kappa shape index (κ2) is 11.1. The molecular weight excluding hydrogens is 550 g/mol. The van der Waals surface area contributed by atoms with Gasteiger partial charge in [-0.15, -0.1) is 0 Å². The number of carbonyl (C=O) groups is 3. The number of ether oxygens (including phenoxy) is 2. The van der Waals surface area contributed by atoms with E-state index in [0.717, 1.165) is 4.90 Å². The largest absolute Gasteiger partial charge is 0.480 e. The highest BCUT2D eigenvalue weighted by Gasteiger charge is 2.46. The van der Waals surface area contributed by atoms with Crippen molar-refractivity contribution in [2.45, 2.75) is 64.1 Å². The number of fused-ring (bicyclic) bond motifs is 7. The highest BCUT2D eigenvalue weighted by molar-refractivity contribution is 5.90. The third kappa shape index (κ3) is 6.27. The van der Waals surface area contributed by atoms with Crippen LogP contribution in [0, 0.1) is 5.41 Å². The van der Waals surface area contributed by atoms with E-state index in [1.807, 2.05) is 6.07 Å². The molecule has 0 radical (unpaired) electrons. The summed E-state index contributed by atoms with van der Waals surface area (Å²) in [6.45, 7) is 3.72. The Morgan fingerprint density at radius 1 is 1.10 bits per heavy atom. The number of aryl methyl sites for hydroxylation is 1. The first-order valence-electron chi connectivity index (χ1n) is 13.7. The molecule has 2 aliphatic heterocycles. The third-order valence-electron chi connectivity index (χ3n) is 7.42. The molecule has 1 saturated heterocycles. The molecule has 2 amide bonds. The van der Waals surface area contributed by atoms with Gasteiger partial charge in [-0.05, 0) is 35.6 Å². The van der Waals surface area contributed by atoms with Crippen LogP contribution in [0.3, 0.4) is 0 Å². The number of benzene rings is 2. The van der Waals surface area contributed by atoms with Crippen molar-refractivity contribution in [2.24, 2.45) is 5.41 Å². The lowest BCUT2D eigenvalue weighted by Gasteiger charge is -2.34. The summed E-state index contributed by atoms with van der Waals surface area (Å²) in [6.07, 6.45) is -2.58. The monoisotopic (exact) mass is 582 g/mol. The third-order valence-corrected chi connectivity index (χ3v) is 7.42. The maximum atomic E-state index is 14.8. The molecule has 0 unspecified atom stereocenters. The first-order chi connectivity index (χ1) is 19.8. The molecule has 0 aliphatic carbocycles. The van der Waals surface area contributed by atoms with Gasteiger partial charge in [-0.1, -0.05) is 51.1 Å². The van der Waals surface area contributed by atoms with E-state index >= 15 is 0 Å². The van der Waals surface area contributed by atoms with E-state index in [9.17, 15) is 28.3 Å². The molecule has 0 saturated carbocycles. The van der Waals surface area contributed by atoms with E-state index in [1.54, 1.807) is 63.2 Å². The van der Waals surface area contributed by atoms with Crippen molar-refractivity contribution in [1.29, 1.82) is 0 Å². The number of carboxylic acid groups (broad SMARTS) is 1. The second-order valence-electron chi connectivity index (χ2n) is 11.8. The molecule has 2 aromatic carbocycles. The van der Waals surface area contributed by atoms with Gasteiger partial charge in [0.1, 0.15) is 23.9 Å². The van der Waals surface area contributed by atoms with E-state index in [1.165, 1.54) is 0 Å². The van der Waals surface area contributed by atoms with E-state index in [-0.39, 0.29) is 25.3 Å². The molecule has 3 heterocycles. The van der Waals surface area contributed by atoms with Gasteiger partial charge in [-0.3, -0.25) is 4.79 Å². The smallest absolute Gasteiger partial charge is 0.408 e. The highest BCUT2D eigenvalue weighted by Crippen LogP contribution is 2.34. The van der Waals surface area contributed by atoms with Gasteiger partial charge < -0.3 is 24.8 Å². The Kier molecular flexibility index (Phi) is 7.74. The van der Waals surface area contributed by atoms with Gasteiger partial charge in [-0.25, -0.2) is 28.3 Å². The van der Waals surface area contributed by atoms with Crippen molar-refractivity contribution < 1.29 is 37.7 Å². The molecule has 3 atom stereocenters. The van der Waals surface area contributed by atoms with Crippen LogP contribution in [-0.4, -0.2) is 75.2 Å². The number of rotatable bonds is 1. The minimum atomic E-state index is -3.34. The van der Waals surface area contributed by atoms with Crippen LogP contribution in [0.25, 0.3) is 22.3 Å². The minimum Gasteiger partial charge on any atom is -0.480 e. The summed E-state index contributed by atoms with van der Waals surface area (Å²) in [5.74, 6) is -5.14. The molecule has 1 fully saturated rings. The van der Waals surface area contributed by atoms with Crippen molar-refractivity contribution in [3.8, 4) is 17.1 Å².